The Kier molecular flexibility index (Phi) is 4.34. The molecule has 2 aromatic heterocycles. The number of nitro benzene ring substituents is 1. The van der Waals surface area contributed by atoms with Crippen LogP contribution in [0, 0.1) is 10.1 Å². The Morgan fingerprint density at radius 1 is 1.29 bits per heavy atom. The average molecular weight is 388 g/mol. The number of carbonyl (C=O) groups is 1. The fraction of sp³-hybridized carbons (Fsp3) is 0. The summed E-state index contributed by atoms with van der Waals surface area (Å²) in [7, 11) is 0. The number of carbonyl (C=O) groups excluding carboxylic acids is 1. The minimum atomic E-state index is -0.554. The molecule has 9 heteroatoms. The molecule has 0 aliphatic heterocycles. The topological polar surface area (TPSA) is 103 Å². The number of hydrogen-bond donors (Lipinski definition) is 1. The zero-order valence-corrected chi connectivity index (χ0v) is 13.7. The molecule has 0 unspecified atom stereocenters. The van der Waals surface area contributed by atoms with Crippen LogP contribution in [0.15, 0.2) is 59.5 Å². The fourth-order valence-electron chi connectivity index (χ4n) is 2.00. The highest BCUT2D eigenvalue weighted by Gasteiger charge is 2.16. The SMILES string of the molecule is O=C(Nc1ccc(-n2cccn2)nc1)c1ccc(Br)c([N+](=O)[O-])c1. The molecule has 0 saturated carbocycles. The molecule has 24 heavy (non-hydrogen) atoms. The van der Waals surface area contributed by atoms with E-state index >= 15 is 0 Å². The van der Waals surface area contributed by atoms with Crippen LogP contribution in [0.25, 0.3) is 5.82 Å². The number of nitrogens with zero attached hydrogens (tertiary/aromatic N) is 4. The first-order valence-corrected chi connectivity index (χ1v) is 7.55. The van der Waals surface area contributed by atoms with Crippen molar-refractivity contribution in [2.45, 2.75) is 0 Å². The molecule has 0 radical (unpaired) electrons. The molecular weight excluding hydrogens is 378 g/mol. The van der Waals surface area contributed by atoms with Crippen LogP contribution >= 0.6 is 15.9 Å². The van der Waals surface area contributed by atoms with Crippen molar-refractivity contribution in [1.82, 2.24) is 14.8 Å². The summed E-state index contributed by atoms with van der Waals surface area (Å²) in [4.78, 5) is 26.8. The van der Waals surface area contributed by atoms with Crippen LogP contribution in [-0.2, 0) is 0 Å². The van der Waals surface area contributed by atoms with Crippen molar-refractivity contribution >= 4 is 33.2 Å². The second-order valence-corrected chi connectivity index (χ2v) is 5.59. The minimum absolute atomic E-state index is 0.171. The van der Waals surface area contributed by atoms with Gasteiger partial charge in [-0.05, 0) is 46.3 Å². The van der Waals surface area contributed by atoms with E-state index in [0.717, 1.165) is 0 Å². The predicted octanol–water partition coefficient (Wildman–Crippen LogP) is 3.19. The van der Waals surface area contributed by atoms with E-state index in [4.69, 9.17) is 0 Å². The summed E-state index contributed by atoms with van der Waals surface area (Å²) in [6.45, 7) is 0. The van der Waals surface area contributed by atoms with Crippen LogP contribution in [0.2, 0.25) is 0 Å². The first-order valence-electron chi connectivity index (χ1n) is 6.76. The largest absolute Gasteiger partial charge is 0.321 e. The lowest BCUT2D eigenvalue weighted by atomic mass is 10.2. The van der Waals surface area contributed by atoms with E-state index in [1.165, 1.54) is 24.4 Å². The number of benzene rings is 1. The van der Waals surface area contributed by atoms with Crippen molar-refractivity contribution in [3.8, 4) is 5.82 Å². The van der Waals surface area contributed by atoms with Crippen molar-refractivity contribution in [2.75, 3.05) is 5.32 Å². The molecule has 1 aromatic carbocycles. The maximum absolute atomic E-state index is 12.2. The van der Waals surface area contributed by atoms with Gasteiger partial charge < -0.3 is 5.32 Å². The first kappa shape index (κ1) is 15.8. The highest BCUT2D eigenvalue weighted by atomic mass is 79.9. The Morgan fingerprint density at radius 2 is 2.12 bits per heavy atom. The number of amides is 1. The maximum Gasteiger partial charge on any atom is 0.284 e. The van der Waals surface area contributed by atoms with Crippen LogP contribution in [-0.4, -0.2) is 25.6 Å². The Labute approximate surface area is 144 Å². The van der Waals surface area contributed by atoms with Crippen molar-refractivity contribution in [3.05, 3.63) is 75.1 Å². The molecule has 2 heterocycles. The average Bonchev–Trinajstić information content (AvgIpc) is 3.10. The number of aromatic nitrogens is 3. The van der Waals surface area contributed by atoms with Gasteiger partial charge in [-0.25, -0.2) is 9.67 Å². The smallest absolute Gasteiger partial charge is 0.284 e. The number of rotatable bonds is 4. The summed E-state index contributed by atoms with van der Waals surface area (Å²) >= 11 is 3.08. The van der Waals surface area contributed by atoms with Crippen LogP contribution in [0.5, 0.6) is 0 Å². The van der Waals surface area contributed by atoms with Gasteiger partial charge in [0.25, 0.3) is 11.6 Å². The molecule has 8 nitrogen and oxygen atoms in total. The summed E-state index contributed by atoms with van der Waals surface area (Å²) in [5, 5.41) is 17.6. The van der Waals surface area contributed by atoms with Crippen LogP contribution < -0.4 is 5.32 Å². The predicted molar refractivity (Wildman–Crippen MR) is 90.1 cm³/mol. The summed E-state index contributed by atoms with van der Waals surface area (Å²) < 4.78 is 1.90. The van der Waals surface area contributed by atoms with Gasteiger partial charge in [0.2, 0.25) is 0 Å². The van der Waals surface area contributed by atoms with Gasteiger partial charge in [0, 0.05) is 24.0 Å². The molecular formula is C15H10BrN5O3. The number of nitro groups is 1. The van der Waals surface area contributed by atoms with E-state index in [1.54, 1.807) is 35.3 Å². The second kappa shape index (κ2) is 6.59. The fourth-order valence-corrected chi connectivity index (χ4v) is 2.39. The van der Waals surface area contributed by atoms with Crippen molar-refractivity contribution in [2.24, 2.45) is 0 Å². The van der Waals surface area contributed by atoms with Gasteiger partial charge in [-0.2, -0.15) is 5.10 Å². The number of hydrogen-bond acceptors (Lipinski definition) is 5. The molecule has 0 aliphatic carbocycles. The Hall–Kier alpha value is -3.07. The molecule has 3 aromatic rings. The molecule has 1 N–H and O–H groups in total. The zero-order valence-electron chi connectivity index (χ0n) is 12.1. The molecule has 0 fully saturated rings. The van der Waals surface area contributed by atoms with Gasteiger partial charge in [0.1, 0.15) is 0 Å². The first-order chi connectivity index (χ1) is 11.5. The van der Waals surface area contributed by atoms with E-state index < -0.39 is 10.8 Å². The third-order valence-electron chi connectivity index (χ3n) is 3.15. The van der Waals surface area contributed by atoms with Gasteiger partial charge in [-0.15, -0.1) is 0 Å². The summed E-state index contributed by atoms with van der Waals surface area (Å²) in [5.74, 6) is 0.150. The molecule has 0 aliphatic rings. The summed E-state index contributed by atoms with van der Waals surface area (Å²) in [6.07, 6.45) is 4.88. The minimum Gasteiger partial charge on any atom is -0.321 e. The Balaban J connectivity index is 1.77. The molecule has 0 atom stereocenters. The summed E-state index contributed by atoms with van der Waals surface area (Å²) in [5.41, 5.74) is 0.484. The monoisotopic (exact) mass is 387 g/mol. The van der Waals surface area contributed by atoms with Gasteiger partial charge in [-0.3, -0.25) is 14.9 Å². The molecule has 1 amide bonds. The standard InChI is InChI=1S/C15H10BrN5O3/c16-12-4-2-10(8-13(12)21(23)24)15(22)19-11-3-5-14(17-9-11)20-7-1-6-18-20/h1-9H,(H,19,22). The molecule has 120 valence electrons. The van der Waals surface area contributed by atoms with Crippen LogP contribution in [0.3, 0.4) is 0 Å². The van der Waals surface area contributed by atoms with Gasteiger partial charge in [0.05, 0.1) is 21.3 Å². The van der Waals surface area contributed by atoms with Crippen molar-refractivity contribution < 1.29 is 9.72 Å². The normalized spacial score (nSPS) is 10.4. The highest BCUT2D eigenvalue weighted by molar-refractivity contribution is 9.10. The lowest BCUT2D eigenvalue weighted by Crippen LogP contribution is -2.12. The van der Waals surface area contributed by atoms with Crippen LogP contribution in [0.4, 0.5) is 11.4 Å². The van der Waals surface area contributed by atoms with Crippen molar-refractivity contribution in [1.29, 1.82) is 0 Å². The number of pyridine rings is 1. The number of nitrogens with one attached hydrogen (secondary N) is 1. The quantitative estimate of drug-likeness (QED) is 0.546. The number of halogens is 1. The maximum atomic E-state index is 12.2. The molecule has 0 saturated heterocycles. The van der Waals surface area contributed by atoms with E-state index in [-0.39, 0.29) is 11.3 Å². The third-order valence-corrected chi connectivity index (χ3v) is 3.82. The lowest BCUT2D eigenvalue weighted by molar-refractivity contribution is -0.385. The third kappa shape index (κ3) is 3.30. The zero-order chi connectivity index (χ0) is 17.1. The van der Waals surface area contributed by atoms with E-state index in [1.807, 2.05) is 0 Å². The van der Waals surface area contributed by atoms with Gasteiger partial charge >= 0.3 is 0 Å². The molecule has 3 rings (SSSR count). The number of anilines is 1. The van der Waals surface area contributed by atoms with Gasteiger partial charge in [0.15, 0.2) is 5.82 Å². The highest BCUT2D eigenvalue weighted by Crippen LogP contribution is 2.26. The van der Waals surface area contributed by atoms with E-state index in [0.29, 0.717) is 16.0 Å². The van der Waals surface area contributed by atoms with E-state index in [9.17, 15) is 14.9 Å². The molecule has 0 bridgehead atoms. The van der Waals surface area contributed by atoms with Crippen molar-refractivity contribution in [3.63, 3.8) is 0 Å². The summed E-state index contributed by atoms with van der Waals surface area (Å²) in [6, 6.07) is 9.33. The molecule has 0 spiro atoms. The van der Waals surface area contributed by atoms with Crippen LogP contribution in [0.1, 0.15) is 10.4 Å². The Morgan fingerprint density at radius 3 is 2.75 bits per heavy atom. The Bertz CT molecular complexity index is 894. The van der Waals surface area contributed by atoms with E-state index in [2.05, 4.69) is 31.3 Å². The lowest BCUT2D eigenvalue weighted by Gasteiger charge is -2.06. The second-order valence-electron chi connectivity index (χ2n) is 4.73. The van der Waals surface area contributed by atoms with Gasteiger partial charge in [-0.1, -0.05) is 0 Å².